The molecule has 0 aromatic heterocycles. The van der Waals surface area contributed by atoms with Crippen LogP contribution in [-0.2, 0) is 61.8 Å². The minimum atomic E-state index is -6.69. The van der Waals surface area contributed by atoms with E-state index in [4.69, 9.17) is 11.5 Å². The largest absolute Gasteiger partial charge is 0.417 e. The molecule has 2 nitrogen and oxygen atoms in total. The molecule has 0 fully saturated rings. The lowest BCUT2D eigenvalue weighted by atomic mass is 9.82. The standard InChI is InChI=1S/C46H18F30N2/c47-37(48,49)27-5-15(77)1-3-17(27)19-7-31(41(59,60)61)21(9-29(19)39(53,54)55)23-11-35(45(71,72)73)25(13-33(23)43(65,66)67)26-14-34(44(68,69)70)24(12-36(26)46(74,75)76)22-10-30(40(56,57)58)20(8-32(22)42(62,63)64)18-4-2-16(78)6-28(18)38(50,51)52/h1-14H,77-78H2. The molecule has 0 heterocycles. The molecule has 0 aliphatic rings. The Morgan fingerprint density at radius 2 is 0.282 bits per heavy atom. The van der Waals surface area contributed by atoms with Gasteiger partial charge in [-0.05, 0) is 128 Å². The number of benzene rings is 6. The first kappa shape index (κ1) is 60.1. The average Bonchev–Trinajstić information content (AvgIpc) is 3.24. The van der Waals surface area contributed by atoms with Gasteiger partial charge in [-0.2, -0.15) is 132 Å². The Labute approximate surface area is 412 Å². The van der Waals surface area contributed by atoms with Crippen molar-refractivity contribution >= 4 is 11.4 Å². The number of rotatable bonds is 5. The second kappa shape index (κ2) is 18.7. The molecule has 78 heavy (non-hydrogen) atoms. The van der Waals surface area contributed by atoms with Crippen LogP contribution in [0.5, 0.6) is 0 Å². The Balaban J connectivity index is 1.82. The van der Waals surface area contributed by atoms with Gasteiger partial charge in [0.05, 0.1) is 55.6 Å². The lowest BCUT2D eigenvalue weighted by molar-refractivity contribution is -0.142. The molecule has 0 bridgehead atoms. The van der Waals surface area contributed by atoms with E-state index in [2.05, 4.69) is 0 Å². The van der Waals surface area contributed by atoms with Crippen molar-refractivity contribution in [1.82, 2.24) is 0 Å². The monoisotopic (exact) mass is 1170 g/mol. The van der Waals surface area contributed by atoms with Crippen LogP contribution in [0.15, 0.2) is 84.9 Å². The van der Waals surface area contributed by atoms with E-state index in [1.807, 2.05) is 0 Å². The van der Waals surface area contributed by atoms with Gasteiger partial charge in [-0.25, -0.2) is 0 Å². The Hall–Kier alpha value is -7.18. The van der Waals surface area contributed by atoms with E-state index in [1.54, 1.807) is 0 Å². The molecule has 6 rings (SSSR count). The Morgan fingerprint density at radius 3 is 0.410 bits per heavy atom. The number of hydrogen-bond acceptors (Lipinski definition) is 2. The summed E-state index contributed by atoms with van der Waals surface area (Å²) in [4.78, 5) is 0. The van der Waals surface area contributed by atoms with E-state index in [0.717, 1.165) is 0 Å². The van der Waals surface area contributed by atoms with E-state index in [1.165, 1.54) is 0 Å². The molecule has 0 amide bonds. The van der Waals surface area contributed by atoms with Crippen LogP contribution in [0.2, 0.25) is 0 Å². The molecule has 0 radical (unpaired) electrons. The highest BCUT2D eigenvalue weighted by molar-refractivity contribution is 5.88. The third-order valence-corrected chi connectivity index (χ3v) is 11.2. The van der Waals surface area contributed by atoms with Crippen LogP contribution >= 0.6 is 0 Å². The fourth-order valence-corrected chi connectivity index (χ4v) is 8.12. The maximum atomic E-state index is 15.1. The van der Waals surface area contributed by atoms with Crippen molar-refractivity contribution in [3.05, 3.63) is 141 Å². The molecule has 0 saturated carbocycles. The first-order valence-electron chi connectivity index (χ1n) is 20.1. The fourth-order valence-electron chi connectivity index (χ4n) is 8.12. The molecule has 6 aromatic rings. The molecular formula is C46H18F30N2. The number of hydrogen-bond donors (Lipinski definition) is 2. The smallest absolute Gasteiger partial charge is 0.399 e. The van der Waals surface area contributed by atoms with Crippen molar-refractivity contribution < 1.29 is 132 Å². The van der Waals surface area contributed by atoms with E-state index >= 15 is 52.7 Å². The molecule has 0 unspecified atom stereocenters. The lowest BCUT2D eigenvalue weighted by Crippen LogP contribution is -2.19. The van der Waals surface area contributed by atoms with Crippen LogP contribution in [0.1, 0.15) is 55.6 Å². The lowest BCUT2D eigenvalue weighted by Gasteiger charge is -2.27. The van der Waals surface area contributed by atoms with Crippen LogP contribution in [-0.4, -0.2) is 0 Å². The first-order valence-corrected chi connectivity index (χ1v) is 20.1. The quantitative estimate of drug-likeness (QED) is 0.134. The zero-order valence-electron chi connectivity index (χ0n) is 36.6. The number of nitrogens with two attached hydrogens (primary N) is 2. The molecule has 32 heteroatoms. The summed E-state index contributed by atoms with van der Waals surface area (Å²) in [6.07, 6.45) is -63.8. The predicted octanol–water partition coefficient (Wildman–Crippen LogP) is 19.4. The SMILES string of the molecule is Nc1ccc(-c2cc(C(F)(F)F)c(-c3cc(C(F)(F)F)c(-c4cc(C(F)(F)F)c(-c5cc(C(F)(F)F)c(-c6ccc(N)cc6C(F)(F)F)cc5C(F)(F)F)cc4C(F)(F)F)cc3C(F)(F)F)cc2C(F)(F)F)c(C(F)(F)F)c1. The minimum Gasteiger partial charge on any atom is -0.399 e. The number of nitrogen functional groups attached to an aromatic ring is 2. The maximum Gasteiger partial charge on any atom is 0.417 e. The van der Waals surface area contributed by atoms with Crippen molar-refractivity contribution in [3.8, 4) is 55.6 Å². The molecule has 0 aliphatic carbocycles. The summed E-state index contributed by atoms with van der Waals surface area (Å²) in [5.41, 5.74) is -44.7. The van der Waals surface area contributed by atoms with Gasteiger partial charge in [-0.3, -0.25) is 0 Å². The zero-order chi connectivity index (χ0) is 59.6. The van der Waals surface area contributed by atoms with Crippen molar-refractivity contribution in [2.24, 2.45) is 0 Å². The molecular weight excluding hydrogens is 1150 g/mol. The third kappa shape index (κ3) is 11.9. The zero-order valence-corrected chi connectivity index (χ0v) is 36.6. The Bertz CT molecular complexity index is 3090. The normalized spacial score (nSPS) is 13.9. The highest BCUT2D eigenvalue weighted by Crippen LogP contribution is 2.56. The van der Waals surface area contributed by atoms with Gasteiger partial charge in [0.25, 0.3) is 0 Å². The van der Waals surface area contributed by atoms with Crippen molar-refractivity contribution in [2.45, 2.75) is 61.8 Å². The summed E-state index contributed by atoms with van der Waals surface area (Å²) in [5.74, 6) is 0. The Morgan fingerprint density at radius 1 is 0.167 bits per heavy atom. The number of halogens is 30. The predicted molar refractivity (Wildman–Crippen MR) is 212 cm³/mol. The first-order chi connectivity index (χ1) is 34.8. The van der Waals surface area contributed by atoms with Gasteiger partial charge in [0.2, 0.25) is 0 Å². The van der Waals surface area contributed by atoms with Crippen LogP contribution in [0.4, 0.5) is 143 Å². The summed E-state index contributed by atoms with van der Waals surface area (Å²) in [7, 11) is 0. The van der Waals surface area contributed by atoms with E-state index in [-0.39, 0.29) is 24.3 Å². The highest BCUT2D eigenvalue weighted by Gasteiger charge is 2.50. The van der Waals surface area contributed by atoms with Gasteiger partial charge in [0.1, 0.15) is 0 Å². The summed E-state index contributed by atoms with van der Waals surface area (Å²) in [5, 5.41) is 0. The van der Waals surface area contributed by atoms with E-state index in [9.17, 15) is 79.0 Å². The molecule has 4 N–H and O–H groups in total. The summed E-state index contributed by atoms with van der Waals surface area (Å²) in [6, 6.07) is -8.43. The minimum absolute atomic E-state index is 0.0435. The number of alkyl halides is 30. The molecule has 0 saturated heterocycles. The van der Waals surface area contributed by atoms with Crippen LogP contribution in [0.25, 0.3) is 55.6 Å². The second-order valence-electron chi connectivity index (χ2n) is 16.4. The molecule has 0 atom stereocenters. The summed E-state index contributed by atoms with van der Waals surface area (Å²) in [6.45, 7) is 0. The number of anilines is 2. The van der Waals surface area contributed by atoms with Gasteiger partial charge in [-0.1, -0.05) is 12.1 Å². The second-order valence-corrected chi connectivity index (χ2v) is 16.4. The van der Waals surface area contributed by atoms with Crippen LogP contribution in [0.3, 0.4) is 0 Å². The van der Waals surface area contributed by atoms with Gasteiger partial charge >= 0.3 is 61.8 Å². The summed E-state index contributed by atoms with van der Waals surface area (Å²) >= 11 is 0. The molecule has 0 spiro atoms. The topological polar surface area (TPSA) is 52.0 Å². The van der Waals surface area contributed by atoms with Crippen molar-refractivity contribution in [1.29, 1.82) is 0 Å². The highest BCUT2D eigenvalue weighted by atomic mass is 19.4. The van der Waals surface area contributed by atoms with Crippen molar-refractivity contribution in [2.75, 3.05) is 11.5 Å². The summed E-state index contributed by atoms with van der Waals surface area (Å²) < 4.78 is 442. The molecule has 6 aromatic carbocycles. The average molecular weight is 1170 g/mol. The van der Waals surface area contributed by atoms with E-state index in [0.29, 0.717) is 12.1 Å². The third-order valence-electron chi connectivity index (χ3n) is 11.2. The van der Waals surface area contributed by atoms with E-state index < -0.39 is 233 Å². The van der Waals surface area contributed by atoms with Crippen LogP contribution < -0.4 is 11.5 Å². The Kier molecular flexibility index (Phi) is 14.4. The van der Waals surface area contributed by atoms with Gasteiger partial charge in [0, 0.05) is 11.4 Å². The molecule has 422 valence electrons. The van der Waals surface area contributed by atoms with Gasteiger partial charge in [-0.15, -0.1) is 0 Å². The van der Waals surface area contributed by atoms with Crippen LogP contribution in [0, 0.1) is 0 Å². The van der Waals surface area contributed by atoms with Gasteiger partial charge in [0.15, 0.2) is 0 Å². The fraction of sp³-hybridized carbons (Fsp3) is 0.217. The molecule has 0 aliphatic heterocycles. The maximum absolute atomic E-state index is 15.1. The van der Waals surface area contributed by atoms with Gasteiger partial charge < -0.3 is 11.5 Å². The van der Waals surface area contributed by atoms with Crippen molar-refractivity contribution in [3.63, 3.8) is 0 Å².